The van der Waals surface area contributed by atoms with Crippen LogP contribution < -0.4 is 24.8 Å². The van der Waals surface area contributed by atoms with Gasteiger partial charge in [0, 0.05) is 24.9 Å². The second-order valence-electron chi connectivity index (χ2n) is 7.91. The largest absolute Gasteiger partial charge is 0.497 e. The normalized spacial score (nSPS) is 16.0. The van der Waals surface area contributed by atoms with Gasteiger partial charge in [-0.15, -0.1) is 0 Å². The third-order valence-corrected chi connectivity index (χ3v) is 6.72. The number of benzene rings is 2. The summed E-state index contributed by atoms with van der Waals surface area (Å²) in [6.45, 7) is 0.501. The number of amides is 2. The van der Waals surface area contributed by atoms with Crippen molar-refractivity contribution in [1.82, 2.24) is 10.3 Å². The fourth-order valence-electron chi connectivity index (χ4n) is 3.86. The van der Waals surface area contributed by atoms with Crippen LogP contribution in [0.25, 0.3) is 0 Å². The van der Waals surface area contributed by atoms with Gasteiger partial charge < -0.3 is 19.5 Å². The number of nitrogens with one attached hydrogen (secondary N) is 2. The molecule has 2 aliphatic rings. The highest BCUT2D eigenvalue weighted by molar-refractivity contribution is 7.17. The van der Waals surface area contributed by atoms with E-state index in [1.165, 1.54) is 0 Å². The van der Waals surface area contributed by atoms with Crippen LogP contribution in [-0.4, -0.2) is 36.5 Å². The Morgan fingerprint density at radius 3 is 2.71 bits per heavy atom. The fraction of sp³-hybridized carbons (Fsp3) is 0.250. The van der Waals surface area contributed by atoms with Crippen molar-refractivity contribution in [2.24, 2.45) is 5.92 Å². The number of anilines is 1. The van der Waals surface area contributed by atoms with Crippen LogP contribution in [0.2, 0.25) is 0 Å². The summed E-state index contributed by atoms with van der Waals surface area (Å²) < 4.78 is 15.8. The van der Waals surface area contributed by atoms with E-state index in [0.29, 0.717) is 51.5 Å². The third-order valence-electron chi connectivity index (χ3n) is 5.67. The highest BCUT2D eigenvalue weighted by atomic mass is 32.1. The van der Waals surface area contributed by atoms with E-state index < -0.39 is 5.92 Å². The molecule has 2 heterocycles. The van der Waals surface area contributed by atoms with Gasteiger partial charge in [-0.1, -0.05) is 17.4 Å². The lowest BCUT2D eigenvalue weighted by Gasteiger charge is -2.19. The summed E-state index contributed by atoms with van der Waals surface area (Å²) in [4.78, 5) is 42.9. The van der Waals surface area contributed by atoms with Crippen LogP contribution in [0.4, 0.5) is 5.13 Å². The summed E-state index contributed by atoms with van der Waals surface area (Å²) in [7, 11) is 1.55. The first kappa shape index (κ1) is 21.9. The summed E-state index contributed by atoms with van der Waals surface area (Å²) in [5, 5.41) is 5.96. The molecule has 0 spiro atoms. The molecule has 174 valence electrons. The number of fused-ring (bicyclic) bond motifs is 2. The summed E-state index contributed by atoms with van der Waals surface area (Å²) in [5.74, 6) is 0.769. The predicted molar refractivity (Wildman–Crippen MR) is 124 cm³/mol. The van der Waals surface area contributed by atoms with Crippen LogP contribution in [0, 0.1) is 5.92 Å². The summed E-state index contributed by atoms with van der Waals surface area (Å²) >= 11 is 1.13. The first-order chi connectivity index (χ1) is 16.5. The van der Waals surface area contributed by atoms with Crippen molar-refractivity contribution in [2.45, 2.75) is 19.4 Å². The Balaban J connectivity index is 1.21. The smallest absolute Gasteiger partial charge is 0.257 e. The summed E-state index contributed by atoms with van der Waals surface area (Å²) in [6, 6.07) is 12.2. The number of carbonyl (C=O) groups is 3. The average Bonchev–Trinajstić information content (AvgIpc) is 3.49. The molecule has 0 radical (unpaired) electrons. The van der Waals surface area contributed by atoms with Gasteiger partial charge in [-0.25, -0.2) is 4.98 Å². The zero-order valence-electron chi connectivity index (χ0n) is 18.3. The van der Waals surface area contributed by atoms with Crippen LogP contribution >= 0.6 is 11.3 Å². The van der Waals surface area contributed by atoms with Crippen LogP contribution in [0.15, 0.2) is 42.5 Å². The summed E-state index contributed by atoms with van der Waals surface area (Å²) in [5.41, 5.74) is 1.85. The van der Waals surface area contributed by atoms with E-state index in [1.54, 1.807) is 37.4 Å². The number of carbonyl (C=O) groups excluding carboxylic acids is 3. The second-order valence-corrected chi connectivity index (χ2v) is 8.91. The van der Waals surface area contributed by atoms with Gasteiger partial charge in [0.25, 0.3) is 5.91 Å². The molecule has 5 rings (SSSR count). The number of hydrogen-bond acceptors (Lipinski definition) is 8. The molecule has 1 aromatic heterocycles. The standard InChI is InChI=1S/C24H21N3O6S/c1-31-16-5-3-14(4-6-16)23(30)27-24-26-17-9-15(10-18(28)21(17)34-24)22(29)25-11-13-2-7-19-20(8-13)33-12-32-19/h2-8,15H,9-12H2,1H3,(H,25,29)(H,26,27,30). The molecular formula is C24H21N3O6S. The minimum atomic E-state index is -0.513. The second kappa shape index (κ2) is 9.14. The Hall–Kier alpha value is -3.92. The maximum atomic E-state index is 12.8. The number of rotatable bonds is 6. The van der Waals surface area contributed by atoms with Gasteiger partial charge in [-0.05, 0) is 42.0 Å². The Morgan fingerprint density at radius 2 is 1.91 bits per heavy atom. The van der Waals surface area contributed by atoms with Crippen molar-refractivity contribution in [1.29, 1.82) is 0 Å². The van der Waals surface area contributed by atoms with E-state index in [4.69, 9.17) is 14.2 Å². The van der Waals surface area contributed by atoms with Crippen molar-refractivity contribution in [3.63, 3.8) is 0 Å². The van der Waals surface area contributed by atoms with Gasteiger partial charge in [0.2, 0.25) is 12.7 Å². The van der Waals surface area contributed by atoms with Gasteiger partial charge in [-0.2, -0.15) is 0 Å². The Kier molecular flexibility index (Phi) is 5.89. The van der Waals surface area contributed by atoms with Gasteiger partial charge in [0.1, 0.15) is 5.75 Å². The van der Waals surface area contributed by atoms with Crippen molar-refractivity contribution >= 4 is 34.1 Å². The molecule has 1 unspecified atom stereocenters. The van der Waals surface area contributed by atoms with Gasteiger partial charge >= 0.3 is 0 Å². The molecule has 2 aromatic carbocycles. The van der Waals surface area contributed by atoms with Gasteiger partial charge in [0.15, 0.2) is 22.4 Å². The minimum Gasteiger partial charge on any atom is -0.497 e. The monoisotopic (exact) mass is 479 g/mol. The highest BCUT2D eigenvalue weighted by Gasteiger charge is 2.33. The Bertz CT molecular complexity index is 1270. The fourth-order valence-corrected chi connectivity index (χ4v) is 4.80. The molecule has 9 nitrogen and oxygen atoms in total. The van der Waals surface area contributed by atoms with Crippen LogP contribution in [0.5, 0.6) is 17.2 Å². The van der Waals surface area contributed by atoms with E-state index in [9.17, 15) is 14.4 Å². The average molecular weight is 480 g/mol. The lowest BCUT2D eigenvalue weighted by atomic mass is 9.89. The van der Waals surface area contributed by atoms with E-state index >= 15 is 0 Å². The molecule has 0 saturated heterocycles. The molecule has 1 aliphatic carbocycles. The topological polar surface area (TPSA) is 116 Å². The molecule has 3 aromatic rings. The SMILES string of the molecule is COc1ccc(C(=O)Nc2nc3c(s2)C(=O)CC(C(=O)NCc2ccc4c(c2)OCO4)C3)cc1. The molecule has 1 atom stereocenters. The van der Waals surface area contributed by atoms with Crippen molar-refractivity contribution in [3.05, 3.63) is 64.2 Å². The van der Waals surface area contributed by atoms with E-state index in [2.05, 4.69) is 15.6 Å². The van der Waals surface area contributed by atoms with Gasteiger partial charge in [-0.3, -0.25) is 19.7 Å². The van der Waals surface area contributed by atoms with Crippen LogP contribution in [0.3, 0.4) is 0 Å². The number of Topliss-reactive ketones (excluding diaryl/α,β-unsaturated/α-hetero) is 1. The van der Waals surface area contributed by atoms with E-state index in [0.717, 1.165) is 16.9 Å². The zero-order valence-corrected chi connectivity index (χ0v) is 19.1. The quantitative estimate of drug-likeness (QED) is 0.558. The molecule has 2 amide bonds. The number of hydrogen-bond donors (Lipinski definition) is 2. The summed E-state index contributed by atoms with van der Waals surface area (Å²) in [6.07, 6.45) is 0.441. The molecule has 34 heavy (non-hydrogen) atoms. The Morgan fingerprint density at radius 1 is 1.12 bits per heavy atom. The Labute approximate surface area is 199 Å². The predicted octanol–water partition coefficient (Wildman–Crippen LogP) is 3.19. The first-order valence-corrected chi connectivity index (χ1v) is 11.5. The van der Waals surface area contributed by atoms with Crippen LogP contribution in [-0.2, 0) is 17.8 Å². The molecule has 0 bridgehead atoms. The van der Waals surface area contributed by atoms with E-state index in [-0.39, 0.29) is 30.8 Å². The molecule has 1 aliphatic heterocycles. The third kappa shape index (κ3) is 4.44. The van der Waals surface area contributed by atoms with Gasteiger partial charge in [0.05, 0.1) is 23.6 Å². The number of ether oxygens (including phenoxy) is 3. The molecule has 2 N–H and O–H groups in total. The number of ketones is 1. The van der Waals surface area contributed by atoms with Crippen molar-refractivity contribution in [3.8, 4) is 17.2 Å². The van der Waals surface area contributed by atoms with Crippen LogP contribution in [0.1, 0.15) is 37.7 Å². The zero-order chi connectivity index (χ0) is 23.7. The van der Waals surface area contributed by atoms with Crippen molar-refractivity contribution in [2.75, 3.05) is 19.2 Å². The molecule has 0 saturated carbocycles. The maximum absolute atomic E-state index is 12.8. The molecule has 0 fully saturated rings. The lowest BCUT2D eigenvalue weighted by Crippen LogP contribution is -2.35. The number of methoxy groups -OCH3 is 1. The molecular weight excluding hydrogens is 458 g/mol. The highest BCUT2D eigenvalue weighted by Crippen LogP contribution is 2.34. The number of thiazole rings is 1. The number of aromatic nitrogens is 1. The number of nitrogens with zero attached hydrogens (tertiary/aromatic N) is 1. The minimum absolute atomic E-state index is 0.105. The van der Waals surface area contributed by atoms with E-state index in [1.807, 2.05) is 12.1 Å². The van der Waals surface area contributed by atoms with Crippen molar-refractivity contribution < 1.29 is 28.6 Å². The maximum Gasteiger partial charge on any atom is 0.257 e. The molecule has 10 heteroatoms. The lowest BCUT2D eigenvalue weighted by molar-refractivity contribution is -0.125. The first-order valence-electron chi connectivity index (χ1n) is 10.6.